The van der Waals surface area contributed by atoms with Gasteiger partial charge in [-0.1, -0.05) is 50.8 Å². The molecule has 0 atom stereocenters. The molecule has 0 unspecified atom stereocenters. The molecule has 0 spiro atoms. The zero-order chi connectivity index (χ0) is 27.0. The second kappa shape index (κ2) is 12.9. The lowest BCUT2D eigenvalue weighted by atomic mass is 10.2. The Morgan fingerprint density at radius 1 is 0.947 bits per heavy atom. The van der Waals surface area contributed by atoms with Crippen molar-refractivity contribution in [3.8, 4) is 5.75 Å². The third-order valence-corrected chi connectivity index (χ3v) is 8.44. The molecule has 38 heavy (non-hydrogen) atoms. The van der Waals surface area contributed by atoms with E-state index in [9.17, 15) is 13.2 Å². The van der Waals surface area contributed by atoms with Gasteiger partial charge in [-0.3, -0.25) is 14.4 Å². The molecule has 1 aliphatic rings. The van der Waals surface area contributed by atoms with E-state index in [1.165, 1.54) is 35.7 Å². The summed E-state index contributed by atoms with van der Waals surface area (Å²) in [6.45, 7) is 3.27. The van der Waals surface area contributed by atoms with Crippen LogP contribution in [-0.2, 0) is 16.4 Å². The molecule has 1 amide bonds. The molecular formula is C29H33N3O4S2. The SMILES string of the molecule is CCCCCCCOc1ccc(C(=O)NC(=S)Nc2ccc(S(=O)(=O)N3CCc4ccccc43)cc2)cc1. The van der Waals surface area contributed by atoms with E-state index >= 15 is 0 Å². The highest BCUT2D eigenvalue weighted by Crippen LogP contribution is 2.32. The Hall–Kier alpha value is -3.43. The number of carbonyl (C=O) groups excluding carboxylic acids is 1. The number of para-hydroxylation sites is 1. The van der Waals surface area contributed by atoms with Crippen molar-refractivity contribution in [3.05, 3.63) is 83.9 Å². The molecule has 0 aromatic heterocycles. The highest BCUT2D eigenvalue weighted by molar-refractivity contribution is 7.92. The summed E-state index contributed by atoms with van der Waals surface area (Å²) in [7, 11) is -3.67. The molecule has 9 heteroatoms. The molecule has 0 bridgehead atoms. The molecule has 0 saturated carbocycles. The third-order valence-electron chi connectivity index (χ3n) is 6.40. The summed E-state index contributed by atoms with van der Waals surface area (Å²) in [6.07, 6.45) is 6.56. The van der Waals surface area contributed by atoms with Crippen LogP contribution in [0.15, 0.2) is 77.7 Å². The standard InChI is InChI=1S/C29H33N3O4S2/c1-2-3-4-5-8-21-36-25-15-11-23(12-16-25)28(33)31-29(37)30-24-13-17-26(18-14-24)38(34,35)32-20-19-22-9-6-7-10-27(22)32/h6-7,9-18H,2-5,8,19-21H2,1H3,(H2,30,31,33,37). The fourth-order valence-electron chi connectivity index (χ4n) is 4.33. The van der Waals surface area contributed by atoms with Crippen LogP contribution in [0.3, 0.4) is 0 Å². The number of nitrogens with one attached hydrogen (secondary N) is 2. The minimum atomic E-state index is -3.67. The van der Waals surface area contributed by atoms with Crippen molar-refractivity contribution < 1.29 is 17.9 Å². The maximum Gasteiger partial charge on any atom is 0.264 e. The lowest BCUT2D eigenvalue weighted by Gasteiger charge is -2.19. The summed E-state index contributed by atoms with van der Waals surface area (Å²) in [5, 5.41) is 5.70. The number of anilines is 2. The summed E-state index contributed by atoms with van der Waals surface area (Å²) in [4.78, 5) is 12.8. The first kappa shape index (κ1) is 27.6. The molecule has 3 aromatic carbocycles. The van der Waals surface area contributed by atoms with Crippen LogP contribution in [0.5, 0.6) is 5.75 Å². The molecular weight excluding hydrogens is 518 g/mol. The Balaban J connectivity index is 1.27. The van der Waals surface area contributed by atoms with Gasteiger partial charge < -0.3 is 10.1 Å². The molecule has 0 aliphatic carbocycles. The number of nitrogens with zero attached hydrogens (tertiary/aromatic N) is 1. The summed E-state index contributed by atoms with van der Waals surface area (Å²) in [6, 6.07) is 20.8. The largest absolute Gasteiger partial charge is 0.494 e. The van der Waals surface area contributed by atoms with Gasteiger partial charge in [-0.25, -0.2) is 8.42 Å². The number of rotatable bonds is 11. The van der Waals surface area contributed by atoms with E-state index in [-0.39, 0.29) is 15.9 Å². The van der Waals surface area contributed by atoms with Crippen LogP contribution < -0.4 is 19.7 Å². The maximum absolute atomic E-state index is 13.2. The van der Waals surface area contributed by atoms with Crippen molar-refractivity contribution in [1.82, 2.24) is 5.32 Å². The van der Waals surface area contributed by atoms with Gasteiger partial charge >= 0.3 is 0 Å². The van der Waals surface area contributed by atoms with Gasteiger partial charge in [-0.05, 0) is 85.2 Å². The minimum Gasteiger partial charge on any atom is -0.494 e. The summed E-state index contributed by atoms with van der Waals surface area (Å²) in [5.41, 5.74) is 2.77. The fourth-order valence-corrected chi connectivity index (χ4v) is 6.04. The van der Waals surface area contributed by atoms with E-state index < -0.39 is 10.0 Å². The predicted molar refractivity (Wildman–Crippen MR) is 156 cm³/mol. The van der Waals surface area contributed by atoms with Crippen molar-refractivity contribution in [3.63, 3.8) is 0 Å². The lowest BCUT2D eigenvalue weighted by Crippen LogP contribution is -2.34. The number of ether oxygens (including phenoxy) is 1. The van der Waals surface area contributed by atoms with Crippen LogP contribution in [0.1, 0.15) is 54.9 Å². The van der Waals surface area contributed by atoms with Crippen LogP contribution >= 0.6 is 12.2 Å². The summed E-state index contributed by atoms with van der Waals surface area (Å²) >= 11 is 5.28. The van der Waals surface area contributed by atoms with E-state index in [0.29, 0.717) is 30.8 Å². The van der Waals surface area contributed by atoms with E-state index in [1.54, 1.807) is 36.4 Å². The second-order valence-corrected chi connectivity index (χ2v) is 11.4. The fraction of sp³-hybridized carbons (Fsp3) is 0.310. The molecule has 0 saturated heterocycles. The molecule has 4 rings (SSSR count). The number of amides is 1. The Morgan fingerprint density at radius 2 is 1.66 bits per heavy atom. The number of fused-ring (bicyclic) bond motifs is 1. The molecule has 0 fully saturated rings. The van der Waals surface area contributed by atoms with Gasteiger partial charge in [0.2, 0.25) is 0 Å². The molecule has 7 nitrogen and oxygen atoms in total. The van der Waals surface area contributed by atoms with Crippen LogP contribution in [0.25, 0.3) is 0 Å². The topological polar surface area (TPSA) is 87.7 Å². The van der Waals surface area contributed by atoms with Crippen LogP contribution in [0, 0.1) is 0 Å². The average molecular weight is 552 g/mol. The van der Waals surface area contributed by atoms with Gasteiger partial charge in [-0.2, -0.15) is 0 Å². The van der Waals surface area contributed by atoms with Crippen molar-refractivity contribution in [2.24, 2.45) is 0 Å². The van der Waals surface area contributed by atoms with Crippen molar-refractivity contribution in [2.45, 2.75) is 50.3 Å². The number of benzene rings is 3. The number of hydrogen-bond donors (Lipinski definition) is 2. The molecule has 1 aliphatic heterocycles. The third kappa shape index (κ3) is 6.90. The van der Waals surface area contributed by atoms with Gasteiger partial charge in [-0.15, -0.1) is 0 Å². The number of carbonyl (C=O) groups is 1. The highest BCUT2D eigenvalue weighted by atomic mass is 32.2. The number of thiocarbonyl (C=S) groups is 1. The number of sulfonamides is 1. The first-order valence-corrected chi connectivity index (χ1v) is 14.8. The smallest absolute Gasteiger partial charge is 0.264 e. The quantitative estimate of drug-likeness (QED) is 0.227. The second-order valence-electron chi connectivity index (χ2n) is 9.18. The summed E-state index contributed by atoms with van der Waals surface area (Å²) < 4.78 is 33.6. The van der Waals surface area contributed by atoms with Crippen molar-refractivity contribution >= 4 is 44.6 Å². The zero-order valence-corrected chi connectivity index (χ0v) is 23.1. The van der Waals surface area contributed by atoms with Crippen molar-refractivity contribution in [1.29, 1.82) is 0 Å². The van der Waals surface area contributed by atoms with Gasteiger partial charge in [0.25, 0.3) is 15.9 Å². The summed E-state index contributed by atoms with van der Waals surface area (Å²) in [5.74, 6) is 0.380. The normalized spacial score (nSPS) is 12.6. The van der Waals surface area contributed by atoms with Crippen LogP contribution in [0.4, 0.5) is 11.4 Å². The first-order chi connectivity index (χ1) is 18.4. The lowest BCUT2D eigenvalue weighted by molar-refractivity contribution is 0.0977. The minimum absolute atomic E-state index is 0.117. The Kier molecular flexibility index (Phi) is 9.36. The molecule has 3 aromatic rings. The van der Waals surface area contributed by atoms with Crippen molar-refractivity contribution in [2.75, 3.05) is 22.8 Å². The predicted octanol–water partition coefficient (Wildman–Crippen LogP) is 5.91. The molecule has 2 N–H and O–H groups in total. The van der Waals surface area contributed by atoms with Gasteiger partial charge in [0.05, 0.1) is 17.2 Å². The van der Waals surface area contributed by atoms with Crippen LogP contribution in [0.2, 0.25) is 0 Å². The van der Waals surface area contributed by atoms with Gasteiger partial charge in [0, 0.05) is 17.8 Å². The van der Waals surface area contributed by atoms with E-state index in [4.69, 9.17) is 17.0 Å². The van der Waals surface area contributed by atoms with E-state index in [1.807, 2.05) is 24.3 Å². The van der Waals surface area contributed by atoms with Crippen LogP contribution in [-0.4, -0.2) is 32.6 Å². The van der Waals surface area contributed by atoms with E-state index in [0.717, 1.165) is 29.8 Å². The zero-order valence-electron chi connectivity index (χ0n) is 21.5. The Bertz CT molecular complexity index is 1360. The van der Waals surface area contributed by atoms with Gasteiger partial charge in [0.15, 0.2) is 5.11 Å². The monoisotopic (exact) mass is 551 g/mol. The Labute approximate surface area is 230 Å². The van der Waals surface area contributed by atoms with E-state index in [2.05, 4.69) is 17.6 Å². The Morgan fingerprint density at radius 3 is 2.39 bits per heavy atom. The molecule has 200 valence electrons. The average Bonchev–Trinajstić information content (AvgIpc) is 3.36. The number of unbranched alkanes of at least 4 members (excludes halogenated alkanes) is 4. The molecule has 0 radical (unpaired) electrons. The van der Waals surface area contributed by atoms with Gasteiger partial charge in [0.1, 0.15) is 5.75 Å². The first-order valence-electron chi connectivity index (χ1n) is 12.9. The number of hydrogen-bond acceptors (Lipinski definition) is 5. The maximum atomic E-state index is 13.2. The molecule has 1 heterocycles. The highest BCUT2D eigenvalue weighted by Gasteiger charge is 2.30.